The number of halogens is 1. The summed E-state index contributed by atoms with van der Waals surface area (Å²) in [5.74, 6) is 1.24. The minimum Gasteiger partial charge on any atom is -0.507 e. The lowest BCUT2D eigenvalue weighted by Crippen LogP contribution is -2.11. The minimum atomic E-state index is 0. The van der Waals surface area contributed by atoms with Crippen LogP contribution in [0.15, 0.2) is 12.1 Å². The predicted octanol–water partition coefficient (Wildman–Crippen LogP) is 3.23. The van der Waals surface area contributed by atoms with Gasteiger partial charge < -0.3 is 10.8 Å². The lowest BCUT2D eigenvalue weighted by Gasteiger charge is -2.14. The zero-order valence-corrected chi connectivity index (χ0v) is 10.7. The summed E-state index contributed by atoms with van der Waals surface area (Å²) in [6.07, 6.45) is 3.76. The molecule has 3 heteroatoms. The molecule has 0 aliphatic heterocycles. The van der Waals surface area contributed by atoms with E-state index in [1.165, 1.54) is 12.8 Å². The van der Waals surface area contributed by atoms with Gasteiger partial charge in [-0.05, 0) is 42.9 Å². The Kier molecular flexibility index (Phi) is 4.22. The van der Waals surface area contributed by atoms with E-state index in [-0.39, 0.29) is 18.4 Å². The first-order valence-corrected chi connectivity index (χ1v) is 5.63. The zero-order valence-electron chi connectivity index (χ0n) is 9.86. The lowest BCUT2D eigenvalue weighted by molar-refractivity contribution is 0.466. The van der Waals surface area contributed by atoms with Crippen LogP contribution < -0.4 is 5.73 Å². The molecule has 16 heavy (non-hydrogen) atoms. The number of benzene rings is 1. The molecule has 0 unspecified atom stereocenters. The van der Waals surface area contributed by atoms with Gasteiger partial charge in [-0.25, -0.2) is 0 Å². The van der Waals surface area contributed by atoms with Gasteiger partial charge in [0, 0.05) is 6.04 Å². The highest BCUT2D eigenvalue weighted by molar-refractivity contribution is 5.85. The molecule has 1 atom stereocenters. The second-order valence-electron chi connectivity index (χ2n) is 4.79. The molecule has 0 amide bonds. The van der Waals surface area contributed by atoms with Crippen LogP contribution in [0.2, 0.25) is 0 Å². The maximum Gasteiger partial charge on any atom is 0.121 e. The Balaban J connectivity index is 0.00000128. The van der Waals surface area contributed by atoms with E-state index in [0.29, 0.717) is 5.75 Å². The number of hydrogen-bond acceptors (Lipinski definition) is 2. The Morgan fingerprint density at radius 1 is 1.31 bits per heavy atom. The molecule has 1 aliphatic carbocycles. The average molecular weight is 242 g/mol. The normalized spacial score (nSPS) is 16.7. The van der Waals surface area contributed by atoms with Gasteiger partial charge in [-0.3, -0.25) is 0 Å². The van der Waals surface area contributed by atoms with Crippen LogP contribution >= 0.6 is 12.4 Å². The van der Waals surface area contributed by atoms with E-state index in [1.807, 2.05) is 26.0 Å². The molecule has 0 aromatic heterocycles. The van der Waals surface area contributed by atoms with Gasteiger partial charge in [-0.15, -0.1) is 12.4 Å². The van der Waals surface area contributed by atoms with Crippen molar-refractivity contribution >= 4 is 12.4 Å². The molecule has 1 aliphatic rings. The van der Waals surface area contributed by atoms with Gasteiger partial charge in [-0.2, -0.15) is 0 Å². The fraction of sp³-hybridized carbons (Fsp3) is 0.538. The predicted molar refractivity (Wildman–Crippen MR) is 69.1 cm³/mol. The molecule has 1 saturated carbocycles. The van der Waals surface area contributed by atoms with E-state index >= 15 is 0 Å². The summed E-state index contributed by atoms with van der Waals surface area (Å²) in [5, 5.41) is 9.67. The van der Waals surface area contributed by atoms with Crippen molar-refractivity contribution in [3.05, 3.63) is 28.8 Å². The Morgan fingerprint density at radius 3 is 2.25 bits per heavy atom. The highest BCUT2D eigenvalue weighted by Gasteiger charge is 2.24. The van der Waals surface area contributed by atoms with Crippen LogP contribution in [-0.4, -0.2) is 5.11 Å². The molecule has 2 nitrogen and oxygen atoms in total. The number of phenolic OH excluding ortho intramolecular Hbond substituents is 1. The summed E-state index contributed by atoms with van der Waals surface area (Å²) in [4.78, 5) is 0. The number of aryl methyl sites for hydroxylation is 2. The van der Waals surface area contributed by atoms with Crippen LogP contribution in [0.1, 0.15) is 42.0 Å². The second-order valence-corrected chi connectivity index (χ2v) is 4.79. The van der Waals surface area contributed by atoms with Gasteiger partial charge in [0.05, 0.1) is 0 Å². The van der Waals surface area contributed by atoms with E-state index in [9.17, 15) is 5.11 Å². The van der Waals surface area contributed by atoms with E-state index in [4.69, 9.17) is 5.73 Å². The third-order valence-corrected chi connectivity index (χ3v) is 3.23. The summed E-state index contributed by atoms with van der Waals surface area (Å²) in [5.41, 5.74) is 9.16. The van der Waals surface area contributed by atoms with Gasteiger partial charge in [0.25, 0.3) is 0 Å². The smallest absolute Gasteiger partial charge is 0.121 e. The molecule has 1 aromatic carbocycles. The number of phenols is 1. The topological polar surface area (TPSA) is 46.2 Å². The van der Waals surface area contributed by atoms with Gasteiger partial charge in [0.2, 0.25) is 0 Å². The molecule has 1 aromatic rings. The number of nitrogens with two attached hydrogens (primary N) is 1. The van der Waals surface area contributed by atoms with Gasteiger partial charge in [-0.1, -0.05) is 25.0 Å². The Bertz CT molecular complexity index is 351. The summed E-state index contributed by atoms with van der Waals surface area (Å²) in [7, 11) is 0. The Hall–Kier alpha value is -0.730. The van der Waals surface area contributed by atoms with E-state index in [0.717, 1.165) is 29.0 Å². The fourth-order valence-electron chi connectivity index (χ4n) is 2.05. The first kappa shape index (κ1) is 13.3. The molecule has 0 radical (unpaired) electrons. The number of aromatic hydroxyl groups is 1. The summed E-state index contributed by atoms with van der Waals surface area (Å²) in [6.45, 7) is 3.85. The van der Waals surface area contributed by atoms with E-state index < -0.39 is 0 Å². The molecule has 3 N–H and O–H groups in total. The monoisotopic (exact) mass is 241 g/mol. The molecule has 0 spiro atoms. The van der Waals surface area contributed by atoms with Gasteiger partial charge in [0.15, 0.2) is 0 Å². The van der Waals surface area contributed by atoms with Crippen molar-refractivity contribution < 1.29 is 5.11 Å². The zero-order chi connectivity index (χ0) is 11.0. The van der Waals surface area contributed by atoms with Crippen LogP contribution in [0.4, 0.5) is 0 Å². The maximum absolute atomic E-state index is 9.67. The van der Waals surface area contributed by atoms with E-state index in [1.54, 1.807) is 0 Å². The average Bonchev–Trinajstić information content (AvgIpc) is 2.97. The molecule has 1 fully saturated rings. The molecule has 0 bridgehead atoms. The van der Waals surface area contributed by atoms with Gasteiger partial charge in [0.1, 0.15) is 5.75 Å². The van der Waals surface area contributed by atoms with Crippen LogP contribution in [0.5, 0.6) is 5.75 Å². The van der Waals surface area contributed by atoms with Crippen LogP contribution in [-0.2, 0) is 0 Å². The van der Waals surface area contributed by atoms with Crippen molar-refractivity contribution in [3.63, 3.8) is 0 Å². The largest absolute Gasteiger partial charge is 0.507 e. The molecule has 0 heterocycles. The third-order valence-electron chi connectivity index (χ3n) is 3.23. The highest BCUT2D eigenvalue weighted by Crippen LogP contribution is 2.37. The lowest BCUT2D eigenvalue weighted by atomic mass is 9.97. The molecule has 90 valence electrons. The maximum atomic E-state index is 9.67. The first-order chi connectivity index (χ1) is 7.08. The molecular formula is C13H20ClNO. The number of hydrogen-bond donors (Lipinski definition) is 2. The summed E-state index contributed by atoms with van der Waals surface area (Å²) < 4.78 is 0. The quantitative estimate of drug-likeness (QED) is 0.854. The van der Waals surface area contributed by atoms with Crippen molar-refractivity contribution in [2.75, 3.05) is 0 Å². The highest BCUT2D eigenvalue weighted by atomic mass is 35.5. The summed E-state index contributed by atoms with van der Waals surface area (Å²) in [6, 6.07) is 4.15. The Morgan fingerprint density at radius 2 is 1.81 bits per heavy atom. The standard InChI is InChI=1S/C13H19NO.ClH/c1-8-5-11(6-9(2)13(8)15)12(14)7-10-3-4-10;/h5-6,10,12,15H,3-4,7,14H2,1-2H3;1H/t12-;/m0./s1. The molecule has 0 saturated heterocycles. The van der Waals surface area contributed by atoms with Crippen molar-refractivity contribution in [1.29, 1.82) is 0 Å². The van der Waals surface area contributed by atoms with Crippen LogP contribution in [0.25, 0.3) is 0 Å². The van der Waals surface area contributed by atoms with Crippen molar-refractivity contribution in [3.8, 4) is 5.75 Å². The minimum absolute atomic E-state index is 0. The Labute approximate surface area is 103 Å². The second kappa shape index (κ2) is 5.07. The SMILES string of the molecule is Cc1cc([C@@H](N)CC2CC2)cc(C)c1O.Cl. The number of rotatable bonds is 3. The van der Waals surface area contributed by atoms with E-state index in [2.05, 4.69) is 0 Å². The van der Waals surface area contributed by atoms with Crippen LogP contribution in [0.3, 0.4) is 0 Å². The molecule has 2 rings (SSSR count). The van der Waals surface area contributed by atoms with Crippen molar-refractivity contribution in [2.45, 2.75) is 39.2 Å². The molecular weight excluding hydrogens is 222 g/mol. The third kappa shape index (κ3) is 2.89. The first-order valence-electron chi connectivity index (χ1n) is 5.63. The van der Waals surface area contributed by atoms with Crippen molar-refractivity contribution in [2.24, 2.45) is 11.7 Å². The van der Waals surface area contributed by atoms with Crippen molar-refractivity contribution in [1.82, 2.24) is 0 Å². The fourth-order valence-corrected chi connectivity index (χ4v) is 2.05. The van der Waals surface area contributed by atoms with Crippen LogP contribution in [0, 0.1) is 19.8 Å². The van der Waals surface area contributed by atoms with Gasteiger partial charge >= 0.3 is 0 Å². The summed E-state index contributed by atoms with van der Waals surface area (Å²) >= 11 is 0.